The van der Waals surface area contributed by atoms with Gasteiger partial charge in [0.25, 0.3) is 5.91 Å². The molecule has 1 unspecified atom stereocenters. The lowest BCUT2D eigenvalue weighted by Gasteiger charge is -2.14. The molecule has 0 aliphatic carbocycles. The Bertz CT molecular complexity index is 570. The number of carboxylic acid groups (broad SMARTS) is 1. The highest BCUT2D eigenvalue weighted by atomic mass is 16.4. The van der Waals surface area contributed by atoms with Gasteiger partial charge in [-0.25, -0.2) is 4.79 Å². The van der Waals surface area contributed by atoms with Gasteiger partial charge in [-0.15, -0.1) is 0 Å². The number of carboxylic acids is 1. The largest absolute Gasteiger partial charge is 0.479 e. The molecule has 0 radical (unpaired) electrons. The average molecular weight is 256 g/mol. The summed E-state index contributed by atoms with van der Waals surface area (Å²) in [5, 5.41) is 11.7. The number of nitrogens with zero attached hydrogens (tertiary/aromatic N) is 1. The Morgan fingerprint density at radius 1 is 1.11 bits per heavy atom. The first-order chi connectivity index (χ1) is 9.18. The quantitative estimate of drug-likeness (QED) is 0.871. The fourth-order valence-corrected chi connectivity index (χ4v) is 1.64. The smallest absolute Gasteiger partial charge is 0.330 e. The summed E-state index contributed by atoms with van der Waals surface area (Å²) in [6.45, 7) is 0. The van der Waals surface area contributed by atoms with Crippen LogP contribution in [0.25, 0.3) is 0 Å². The lowest BCUT2D eigenvalue weighted by molar-refractivity contribution is -0.139. The summed E-state index contributed by atoms with van der Waals surface area (Å²) in [5.41, 5.74) is 0.844. The van der Waals surface area contributed by atoms with Crippen molar-refractivity contribution < 1.29 is 14.7 Å². The van der Waals surface area contributed by atoms with Crippen molar-refractivity contribution in [3.63, 3.8) is 0 Å². The number of hydrogen-bond acceptors (Lipinski definition) is 3. The zero-order valence-electron chi connectivity index (χ0n) is 9.98. The molecule has 0 saturated carbocycles. The fraction of sp³-hybridized carbons (Fsp3) is 0.0714. The van der Waals surface area contributed by atoms with E-state index in [-0.39, 0.29) is 0 Å². The SMILES string of the molecule is O=C(NC(C(=O)O)c1ccccc1)c1cccnc1. The van der Waals surface area contributed by atoms with Gasteiger partial charge in [0, 0.05) is 12.4 Å². The third-order valence-corrected chi connectivity index (χ3v) is 2.58. The number of hydrogen-bond donors (Lipinski definition) is 2. The first-order valence-electron chi connectivity index (χ1n) is 5.67. The van der Waals surface area contributed by atoms with Crippen LogP contribution in [0, 0.1) is 0 Å². The summed E-state index contributed by atoms with van der Waals surface area (Å²) in [5.74, 6) is -1.58. The zero-order valence-corrected chi connectivity index (χ0v) is 9.98. The molecule has 1 atom stereocenters. The van der Waals surface area contributed by atoms with Crippen LogP contribution in [0.5, 0.6) is 0 Å². The second-order valence-corrected chi connectivity index (χ2v) is 3.90. The van der Waals surface area contributed by atoms with Gasteiger partial charge in [-0.2, -0.15) is 0 Å². The van der Waals surface area contributed by atoms with Crippen molar-refractivity contribution in [2.75, 3.05) is 0 Å². The van der Waals surface area contributed by atoms with Crippen LogP contribution in [0.2, 0.25) is 0 Å². The van der Waals surface area contributed by atoms with E-state index in [0.717, 1.165) is 0 Å². The van der Waals surface area contributed by atoms with Gasteiger partial charge in [0.15, 0.2) is 6.04 Å². The van der Waals surface area contributed by atoms with Gasteiger partial charge in [0.1, 0.15) is 0 Å². The molecule has 5 nitrogen and oxygen atoms in total. The molecule has 2 aromatic rings. The highest BCUT2D eigenvalue weighted by Gasteiger charge is 2.22. The molecule has 96 valence electrons. The van der Waals surface area contributed by atoms with E-state index in [1.807, 2.05) is 0 Å². The maximum Gasteiger partial charge on any atom is 0.330 e. The Hall–Kier alpha value is -2.69. The number of rotatable bonds is 4. The van der Waals surface area contributed by atoms with Crippen molar-refractivity contribution in [2.45, 2.75) is 6.04 Å². The second-order valence-electron chi connectivity index (χ2n) is 3.90. The fourth-order valence-electron chi connectivity index (χ4n) is 1.64. The maximum absolute atomic E-state index is 11.9. The van der Waals surface area contributed by atoms with E-state index in [4.69, 9.17) is 0 Å². The Morgan fingerprint density at radius 2 is 1.84 bits per heavy atom. The van der Waals surface area contributed by atoms with Crippen LogP contribution in [0.1, 0.15) is 22.0 Å². The summed E-state index contributed by atoms with van der Waals surface area (Å²) in [4.78, 5) is 27.0. The molecule has 1 amide bonds. The standard InChI is InChI=1S/C14H12N2O3/c17-13(11-7-4-8-15-9-11)16-12(14(18)19)10-5-2-1-3-6-10/h1-9,12H,(H,16,17)(H,18,19). The Labute approximate surface area is 109 Å². The van der Waals surface area contributed by atoms with Crippen molar-refractivity contribution in [3.8, 4) is 0 Å². The van der Waals surface area contributed by atoms with E-state index in [1.165, 1.54) is 6.20 Å². The van der Waals surface area contributed by atoms with Crippen LogP contribution in [0.15, 0.2) is 54.9 Å². The molecular formula is C14H12N2O3. The van der Waals surface area contributed by atoms with Crippen molar-refractivity contribution in [3.05, 3.63) is 66.0 Å². The predicted octanol–water partition coefficient (Wildman–Crippen LogP) is 1.64. The van der Waals surface area contributed by atoms with E-state index in [9.17, 15) is 14.7 Å². The zero-order chi connectivity index (χ0) is 13.7. The first kappa shape index (κ1) is 12.8. The van der Waals surface area contributed by atoms with E-state index < -0.39 is 17.9 Å². The van der Waals surface area contributed by atoms with Gasteiger partial charge in [0.05, 0.1) is 5.56 Å². The van der Waals surface area contributed by atoms with Crippen LogP contribution in [-0.2, 0) is 4.79 Å². The minimum atomic E-state index is -1.11. The van der Waals surface area contributed by atoms with Crippen LogP contribution < -0.4 is 5.32 Å². The van der Waals surface area contributed by atoms with E-state index in [1.54, 1.807) is 48.7 Å². The van der Waals surface area contributed by atoms with Gasteiger partial charge in [-0.05, 0) is 17.7 Å². The number of amides is 1. The van der Waals surface area contributed by atoms with Crippen LogP contribution in [0.3, 0.4) is 0 Å². The van der Waals surface area contributed by atoms with Crippen LogP contribution in [0.4, 0.5) is 0 Å². The predicted molar refractivity (Wildman–Crippen MR) is 68.5 cm³/mol. The van der Waals surface area contributed by atoms with Crippen LogP contribution >= 0.6 is 0 Å². The van der Waals surface area contributed by atoms with E-state index in [2.05, 4.69) is 10.3 Å². The molecule has 1 aromatic carbocycles. The summed E-state index contributed by atoms with van der Waals surface area (Å²) >= 11 is 0. The van der Waals surface area contributed by atoms with Gasteiger partial charge < -0.3 is 10.4 Å². The van der Waals surface area contributed by atoms with Gasteiger partial charge in [0.2, 0.25) is 0 Å². The van der Waals surface area contributed by atoms with Crippen molar-refractivity contribution in [1.29, 1.82) is 0 Å². The molecule has 19 heavy (non-hydrogen) atoms. The molecule has 0 bridgehead atoms. The molecule has 1 heterocycles. The number of carbonyl (C=O) groups is 2. The third-order valence-electron chi connectivity index (χ3n) is 2.58. The molecule has 0 saturated heterocycles. The highest BCUT2D eigenvalue weighted by Crippen LogP contribution is 2.13. The van der Waals surface area contributed by atoms with Crippen molar-refractivity contribution in [1.82, 2.24) is 10.3 Å². The number of carbonyl (C=O) groups excluding carboxylic acids is 1. The van der Waals surface area contributed by atoms with Crippen LogP contribution in [-0.4, -0.2) is 22.0 Å². The van der Waals surface area contributed by atoms with E-state index >= 15 is 0 Å². The monoisotopic (exact) mass is 256 g/mol. The second kappa shape index (κ2) is 5.77. The normalized spacial score (nSPS) is 11.6. The average Bonchev–Trinajstić information content (AvgIpc) is 2.46. The molecular weight excluding hydrogens is 244 g/mol. The first-order valence-corrected chi connectivity index (χ1v) is 5.67. The summed E-state index contributed by atoms with van der Waals surface area (Å²) in [7, 11) is 0. The molecule has 0 spiro atoms. The molecule has 1 aromatic heterocycles. The van der Waals surface area contributed by atoms with E-state index in [0.29, 0.717) is 11.1 Å². The topological polar surface area (TPSA) is 79.3 Å². The number of aliphatic carboxylic acids is 1. The lowest BCUT2D eigenvalue weighted by Crippen LogP contribution is -2.33. The Kier molecular flexibility index (Phi) is 3.87. The molecule has 0 fully saturated rings. The number of nitrogens with one attached hydrogen (secondary N) is 1. The molecule has 0 aliphatic heterocycles. The number of benzene rings is 1. The van der Waals surface area contributed by atoms with Gasteiger partial charge in [-0.3, -0.25) is 9.78 Å². The van der Waals surface area contributed by atoms with Gasteiger partial charge >= 0.3 is 5.97 Å². The minimum Gasteiger partial charge on any atom is -0.479 e. The van der Waals surface area contributed by atoms with Crippen molar-refractivity contribution >= 4 is 11.9 Å². The Morgan fingerprint density at radius 3 is 2.42 bits per heavy atom. The summed E-state index contributed by atoms with van der Waals surface area (Å²) in [6, 6.07) is 10.7. The molecule has 0 aliphatic rings. The highest BCUT2D eigenvalue weighted by molar-refractivity contribution is 5.96. The number of aromatic nitrogens is 1. The summed E-state index contributed by atoms with van der Waals surface area (Å²) in [6.07, 6.45) is 2.93. The Balaban J connectivity index is 2.19. The number of pyridine rings is 1. The molecule has 2 rings (SSSR count). The minimum absolute atomic E-state index is 0.324. The summed E-state index contributed by atoms with van der Waals surface area (Å²) < 4.78 is 0. The molecule has 2 N–H and O–H groups in total. The third kappa shape index (κ3) is 3.16. The maximum atomic E-state index is 11.9. The van der Waals surface area contributed by atoms with Crippen molar-refractivity contribution in [2.24, 2.45) is 0 Å². The van der Waals surface area contributed by atoms with Gasteiger partial charge in [-0.1, -0.05) is 30.3 Å². The molecule has 5 heteroatoms. The lowest BCUT2D eigenvalue weighted by atomic mass is 10.1.